The zero-order chi connectivity index (χ0) is 14.5. The molecule has 1 fully saturated rings. The summed E-state index contributed by atoms with van der Waals surface area (Å²) < 4.78 is 1.76. The van der Waals surface area contributed by atoms with E-state index in [9.17, 15) is 4.79 Å². The summed E-state index contributed by atoms with van der Waals surface area (Å²) >= 11 is 1.75. The van der Waals surface area contributed by atoms with Gasteiger partial charge in [0.2, 0.25) is 0 Å². The summed E-state index contributed by atoms with van der Waals surface area (Å²) in [4.78, 5) is 11.8. The van der Waals surface area contributed by atoms with Crippen molar-refractivity contribution in [2.45, 2.75) is 74.9 Å². The highest BCUT2D eigenvalue weighted by atomic mass is 32.2. The van der Waals surface area contributed by atoms with Crippen molar-refractivity contribution in [1.29, 1.82) is 0 Å². The Bertz CT molecular complexity index is 468. The first-order chi connectivity index (χ1) is 9.63. The molecule has 0 aromatic carbocycles. The fourth-order valence-electron chi connectivity index (χ4n) is 2.89. The van der Waals surface area contributed by atoms with E-state index in [-0.39, 0.29) is 11.7 Å². The topological polar surface area (TPSA) is 62.7 Å². The largest absolute Gasteiger partial charge is 0.344 e. The van der Waals surface area contributed by atoms with Crippen LogP contribution >= 0.6 is 11.8 Å². The third kappa shape index (κ3) is 3.67. The molecule has 0 bridgehead atoms. The highest BCUT2D eigenvalue weighted by Gasteiger charge is 2.25. The molecule has 0 amide bonds. The first-order valence-electron chi connectivity index (χ1n) is 7.64. The van der Waals surface area contributed by atoms with E-state index in [4.69, 9.17) is 0 Å². The maximum atomic E-state index is 11.8. The van der Waals surface area contributed by atoms with Crippen LogP contribution in [0.15, 0.2) is 9.95 Å². The minimum atomic E-state index is -0.102. The highest BCUT2D eigenvalue weighted by Crippen LogP contribution is 2.31. The van der Waals surface area contributed by atoms with Crippen LogP contribution in [0.25, 0.3) is 0 Å². The number of aromatic amines is 1. The SMILES string of the molecule is CNC1CCCCCCC1Sc1n[nH]c(=O)n1C(C)C. The Morgan fingerprint density at radius 2 is 2.00 bits per heavy atom. The van der Waals surface area contributed by atoms with Gasteiger partial charge in [0.15, 0.2) is 5.16 Å². The van der Waals surface area contributed by atoms with Crippen molar-refractivity contribution in [2.75, 3.05) is 7.05 Å². The molecule has 2 N–H and O–H groups in total. The van der Waals surface area contributed by atoms with Gasteiger partial charge >= 0.3 is 5.69 Å². The molecule has 0 radical (unpaired) electrons. The number of rotatable bonds is 4. The van der Waals surface area contributed by atoms with E-state index < -0.39 is 0 Å². The predicted molar refractivity (Wildman–Crippen MR) is 83.4 cm³/mol. The first-order valence-corrected chi connectivity index (χ1v) is 8.52. The quantitative estimate of drug-likeness (QED) is 0.897. The van der Waals surface area contributed by atoms with Gasteiger partial charge in [-0.2, -0.15) is 0 Å². The maximum absolute atomic E-state index is 11.8. The third-order valence-electron chi connectivity index (χ3n) is 4.02. The summed E-state index contributed by atoms with van der Waals surface area (Å²) in [6.45, 7) is 4.04. The molecule has 1 aliphatic rings. The average molecular weight is 298 g/mol. The summed E-state index contributed by atoms with van der Waals surface area (Å²) in [5, 5.41) is 11.6. The molecule has 1 heterocycles. The normalized spacial score (nSPS) is 24.6. The summed E-state index contributed by atoms with van der Waals surface area (Å²) in [6.07, 6.45) is 7.63. The fourth-order valence-corrected chi connectivity index (χ4v) is 4.38. The molecule has 1 aromatic heterocycles. The van der Waals surface area contributed by atoms with E-state index in [2.05, 4.69) is 15.5 Å². The van der Waals surface area contributed by atoms with Gasteiger partial charge in [-0.05, 0) is 33.7 Å². The second-order valence-corrected chi connectivity index (χ2v) is 7.02. The summed E-state index contributed by atoms with van der Waals surface area (Å²) in [6, 6.07) is 0.651. The van der Waals surface area contributed by atoms with Crippen molar-refractivity contribution < 1.29 is 0 Å². The van der Waals surface area contributed by atoms with Crippen molar-refractivity contribution in [3.05, 3.63) is 10.5 Å². The minimum absolute atomic E-state index is 0.102. The molecule has 2 atom stereocenters. The lowest BCUT2D eigenvalue weighted by molar-refractivity contribution is 0.419. The van der Waals surface area contributed by atoms with E-state index in [1.54, 1.807) is 16.3 Å². The molecular weight excluding hydrogens is 272 g/mol. The Balaban J connectivity index is 2.15. The van der Waals surface area contributed by atoms with Gasteiger partial charge in [-0.1, -0.05) is 37.4 Å². The zero-order valence-electron chi connectivity index (χ0n) is 12.7. The second kappa shape index (κ2) is 7.31. The number of thioether (sulfide) groups is 1. The zero-order valence-corrected chi connectivity index (χ0v) is 13.5. The lowest BCUT2D eigenvalue weighted by Gasteiger charge is -2.28. The molecule has 1 saturated carbocycles. The number of hydrogen-bond donors (Lipinski definition) is 2. The molecule has 0 aliphatic heterocycles. The molecule has 2 rings (SSSR count). The molecule has 5 nitrogen and oxygen atoms in total. The smallest absolute Gasteiger partial charge is 0.316 e. The third-order valence-corrected chi connectivity index (χ3v) is 5.38. The molecule has 0 spiro atoms. The standard InChI is InChI=1S/C14H26N4OS/c1-10(2)18-13(19)16-17-14(18)20-12-9-7-5-4-6-8-11(12)15-3/h10-12,15H,4-9H2,1-3H3,(H,16,19). The number of H-pyrrole nitrogens is 1. The van der Waals surface area contributed by atoms with E-state index in [1.165, 1.54) is 38.5 Å². The van der Waals surface area contributed by atoms with Crippen LogP contribution in [-0.4, -0.2) is 33.1 Å². The lowest BCUT2D eigenvalue weighted by Crippen LogP contribution is -2.36. The van der Waals surface area contributed by atoms with Crippen LogP contribution in [0.1, 0.15) is 58.4 Å². The van der Waals surface area contributed by atoms with Crippen molar-refractivity contribution in [3.63, 3.8) is 0 Å². The van der Waals surface area contributed by atoms with E-state index in [0.29, 0.717) is 11.3 Å². The van der Waals surface area contributed by atoms with Gasteiger partial charge in [0.1, 0.15) is 0 Å². The molecule has 1 aromatic rings. The maximum Gasteiger partial charge on any atom is 0.344 e. The molecule has 1 aliphatic carbocycles. The number of nitrogens with zero attached hydrogens (tertiary/aromatic N) is 2. The van der Waals surface area contributed by atoms with Crippen molar-refractivity contribution in [3.8, 4) is 0 Å². The fraction of sp³-hybridized carbons (Fsp3) is 0.857. The van der Waals surface area contributed by atoms with E-state index in [0.717, 1.165) is 5.16 Å². The van der Waals surface area contributed by atoms with Crippen LogP contribution in [0.5, 0.6) is 0 Å². The lowest BCUT2D eigenvalue weighted by atomic mass is 9.96. The molecular formula is C14H26N4OS. The summed E-state index contributed by atoms with van der Waals surface area (Å²) in [5.41, 5.74) is -0.102. The van der Waals surface area contributed by atoms with Gasteiger partial charge < -0.3 is 5.32 Å². The van der Waals surface area contributed by atoms with Crippen molar-refractivity contribution in [1.82, 2.24) is 20.1 Å². The molecule has 2 unspecified atom stereocenters. The Kier molecular flexibility index (Phi) is 5.72. The van der Waals surface area contributed by atoms with E-state index in [1.807, 2.05) is 20.9 Å². The van der Waals surface area contributed by atoms with Crippen LogP contribution in [0.4, 0.5) is 0 Å². The molecule has 0 saturated heterocycles. The number of aromatic nitrogens is 3. The van der Waals surface area contributed by atoms with Gasteiger partial charge in [-0.3, -0.25) is 4.57 Å². The van der Waals surface area contributed by atoms with Gasteiger partial charge in [0.25, 0.3) is 0 Å². The Morgan fingerprint density at radius 3 is 2.65 bits per heavy atom. The van der Waals surface area contributed by atoms with Gasteiger partial charge in [0.05, 0.1) is 0 Å². The molecule has 6 heteroatoms. The second-order valence-electron chi connectivity index (χ2n) is 5.82. The molecule has 114 valence electrons. The van der Waals surface area contributed by atoms with Gasteiger partial charge in [-0.25, -0.2) is 9.89 Å². The van der Waals surface area contributed by atoms with Crippen LogP contribution in [0.2, 0.25) is 0 Å². The Labute approximate surface area is 124 Å². The van der Waals surface area contributed by atoms with Crippen molar-refractivity contribution in [2.24, 2.45) is 0 Å². The minimum Gasteiger partial charge on any atom is -0.316 e. The monoisotopic (exact) mass is 298 g/mol. The van der Waals surface area contributed by atoms with E-state index >= 15 is 0 Å². The average Bonchev–Trinajstić information content (AvgIpc) is 2.74. The molecule has 20 heavy (non-hydrogen) atoms. The van der Waals surface area contributed by atoms with Crippen LogP contribution in [-0.2, 0) is 0 Å². The van der Waals surface area contributed by atoms with Crippen molar-refractivity contribution >= 4 is 11.8 Å². The number of nitrogens with one attached hydrogen (secondary N) is 2. The van der Waals surface area contributed by atoms with Crippen LogP contribution < -0.4 is 11.0 Å². The van der Waals surface area contributed by atoms with Crippen LogP contribution in [0, 0.1) is 0 Å². The predicted octanol–water partition coefficient (Wildman–Crippen LogP) is 2.56. The van der Waals surface area contributed by atoms with Crippen LogP contribution in [0.3, 0.4) is 0 Å². The Morgan fingerprint density at radius 1 is 1.30 bits per heavy atom. The van der Waals surface area contributed by atoms with Gasteiger partial charge in [-0.15, -0.1) is 5.10 Å². The Hall–Kier alpha value is -0.750. The van der Waals surface area contributed by atoms with Gasteiger partial charge in [0, 0.05) is 17.3 Å². The number of hydrogen-bond acceptors (Lipinski definition) is 4. The summed E-state index contributed by atoms with van der Waals surface area (Å²) in [7, 11) is 2.04. The first kappa shape index (κ1) is 15.6. The highest BCUT2D eigenvalue weighted by molar-refractivity contribution is 7.99. The summed E-state index contributed by atoms with van der Waals surface area (Å²) in [5.74, 6) is 0.